The minimum absolute atomic E-state index is 0. The van der Waals surface area contributed by atoms with Gasteiger partial charge in [-0.15, -0.1) is 0 Å². The first-order valence-electron chi connectivity index (χ1n) is 7.54. The Balaban J connectivity index is -0.0000000683. The van der Waals surface area contributed by atoms with E-state index in [0.717, 1.165) is 17.5 Å². The molecular weight excluding hydrogens is 363 g/mol. The summed E-state index contributed by atoms with van der Waals surface area (Å²) >= 11 is 0. The molecule has 2 aromatic rings. The molecular formula is C17H34N5Y-. The van der Waals surface area contributed by atoms with E-state index in [9.17, 15) is 0 Å². The third-order valence-corrected chi connectivity index (χ3v) is 1.45. The Morgan fingerprint density at radius 2 is 0.870 bits per heavy atom. The Morgan fingerprint density at radius 1 is 0.609 bits per heavy atom. The monoisotopic (exact) mass is 397 g/mol. The maximum Gasteiger partial charge on any atom is 0.129 e. The Morgan fingerprint density at radius 3 is 1.00 bits per heavy atom. The van der Waals surface area contributed by atoms with Gasteiger partial charge in [0.05, 0.1) is 0 Å². The second-order valence-corrected chi connectivity index (χ2v) is 2.88. The topological polar surface area (TPSA) is 64.5 Å². The van der Waals surface area contributed by atoms with Crippen molar-refractivity contribution in [2.45, 2.75) is 62.3 Å². The summed E-state index contributed by atoms with van der Waals surface area (Å²) < 4.78 is 0. The van der Waals surface area contributed by atoms with Crippen LogP contribution in [0.15, 0.2) is 24.8 Å². The fourth-order valence-corrected chi connectivity index (χ4v) is 1.03. The van der Waals surface area contributed by atoms with Crippen molar-refractivity contribution in [2.75, 3.05) is 0 Å². The van der Waals surface area contributed by atoms with Gasteiger partial charge in [0, 0.05) is 45.1 Å². The second kappa shape index (κ2) is 29.2. The minimum Gasteiger partial charge on any atom is -0.358 e. The number of hydrogen-bond acceptors (Lipinski definition) is 5. The van der Waals surface area contributed by atoms with Crippen LogP contribution in [0.3, 0.4) is 0 Å². The maximum absolute atomic E-state index is 4.01. The largest absolute Gasteiger partial charge is 0.358 e. The zero-order valence-corrected chi connectivity index (χ0v) is 19.5. The van der Waals surface area contributed by atoms with E-state index >= 15 is 0 Å². The van der Waals surface area contributed by atoms with Crippen LogP contribution >= 0.6 is 0 Å². The molecule has 0 amide bonds. The van der Waals surface area contributed by atoms with Crippen molar-refractivity contribution in [3.05, 3.63) is 49.7 Å². The molecule has 0 saturated carbocycles. The van der Waals surface area contributed by atoms with Crippen LogP contribution in [0, 0.1) is 28.2 Å². The third-order valence-electron chi connectivity index (χ3n) is 1.45. The van der Waals surface area contributed by atoms with Gasteiger partial charge in [-0.25, -0.2) is 24.9 Å². The summed E-state index contributed by atoms with van der Waals surface area (Å²) in [6.07, 6.45) is 4.88. The van der Waals surface area contributed by atoms with Gasteiger partial charge in [-0.2, -0.15) is 0 Å². The summed E-state index contributed by atoms with van der Waals surface area (Å²) in [5.41, 5.74) is 0. The Labute approximate surface area is 169 Å². The van der Waals surface area contributed by atoms with Gasteiger partial charge in [0.25, 0.3) is 0 Å². The average Bonchev–Trinajstić information content (AvgIpc) is 2.54. The first-order valence-corrected chi connectivity index (χ1v) is 7.54. The van der Waals surface area contributed by atoms with Gasteiger partial charge >= 0.3 is 0 Å². The molecule has 131 valence electrons. The average molecular weight is 397 g/mol. The first-order chi connectivity index (χ1) is 10.2. The van der Waals surface area contributed by atoms with Crippen LogP contribution < -0.4 is 0 Å². The van der Waals surface area contributed by atoms with Crippen molar-refractivity contribution in [1.82, 2.24) is 24.9 Å². The summed E-state index contributed by atoms with van der Waals surface area (Å²) in [5, 5.41) is 0. The van der Waals surface area contributed by atoms with Crippen LogP contribution in [-0.2, 0) is 32.7 Å². The standard InChI is InChI=1S/C6H9N3.C4H4N2.3C2H6.CH3.Y/c1-4-7-5(2)9-6(3)8-4;1-2-5-4-6-3-1;3*1-2;;/h1-3H3;1-4H;3*1-2H3;1H3;/q;;;;;-1;. The number of nitrogens with zero attached hydrogens (tertiary/aromatic N) is 5. The third kappa shape index (κ3) is 26.4. The van der Waals surface area contributed by atoms with Gasteiger partial charge in [0.2, 0.25) is 0 Å². The van der Waals surface area contributed by atoms with Crippen molar-refractivity contribution in [2.24, 2.45) is 0 Å². The molecule has 0 fully saturated rings. The molecule has 0 bridgehead atoms. The quantitative estimate of drug-likeness (QED) is 0.598. The van der Waals surface area contributed by atoms with E-state index in [-0.39, 0.29) is 40.1 Å². The molecule has 23 heavy (non-hydrogen) atoms. The van der Waals surface area contributed by atoms with E-state index in [1.807, 2.05) is 62.3 Å². The molecule has 6 heteroatoms. The van der Waals surface area contributed by atoms with Crippen LogP contribution in [0.25, 0.3) is 0 Å². The van der Waals surface area contributed by atoms with Crippen LogP contribution in [0.2, 0.25) is 0 Å². The molecule has 2 heterocycles. The summed E-state index contributed by atoms with van der Waals surface area (Å²) in [5.74, 6) is 2.38. The summed E-state index contributed by atoms with van der Waals surface area (Å²) in [7, 11) is 0. The number of aromatic nitrogens is 5. The van der Waals surface area contributed by atoms with Crippen molar-refractivity contribution in [1.29, 1.82) is 0 Å². The molecule has 2 rings (SSSR count). The van der Waals surface area contributed by atoms with E-state index in [4.69, 9.17) is 0 Å². The molecule has 0 N–H and O–H groups in total. The fourth-order valence-electron chi connectivity index (χ4n) is 1.03. The number of aryl methyl sites for hydroxylation is 3. The predicted molar refractivity (Wildman–Crippen MR) is 96.5 cm³/mol. The van der Waals surface area contributed by atoms with Crippen LogP contribution in [-0.4, -0.2) is 24.9 Å². The molecule has 0 aliphatic rings. The molecule has 5 nitrogen and oxygen atoms in total. The SMILES string of the molecule is CC.CC.CC.Cc1nc(C)nc(C)n1.[CH3-].[Y].c1cncnc1. The number of hydrogen-bond donors (Lipinski definition) is 0. The molecule has 0 aromatic carbocycles. The van der Waals surface area contributed by atoms with Gasteiger partial charge in [0.1, 0.15) is 23.8 Å². The summed E-state index contributed by atoms with van der Waals surface area (Å²) in [6.45, 7) is 17.6. The molecule has 1 radical (unpaired) electrons. The fraction of sp³-hybridized carbons (Fsp3) is 0.529. The van der Waals surface area contributed by atoms with Crippen molar-refractivity contribution in [3.8, 4) is 0 Å². The van der Waals surface area contributed by atoms with E-state index in [2.05, 4.69) is 24.9 Å². The molecule has 0 atom stereocenters. The van der Waals surface area contributed by atoms with E-state index in [0.29, 0.717) is 0 Å². The van der Waals surface area contributed by atoms with E-state index in [1.54, 1.807) is 18.5 Å². The van der Waals surface area contributed by atoms with Gasteiger partial charge in [-0.3, -0.25) is 0 Å². The Bertz CT molecular complexity index is 334. The smallest absolute Gasteiger partial charge is 0.129 e. The molecule has 2 aromatic heterocycles. The maximum atomic E-state index is 4.01. The van der Waals surface area contributed by atoms with Crippen molar-refractivity contribution < 1.29 is 32.7 Å². The van der Waals surface area contributed by atoms with Gasteiger partial charge in [0.15, 0.2) is 0 Å². The number of rotatable bonds is 0. The molecule has 0 aliphatic heterocycles. The molecule has 0 aliphatic carbocycles. The Kier molecular flexibility index (Phi) is 42.9. The zero-order chi connectivity index (χ0) is 17.1. The van der Waals surface area contributed by atoms with Crippen molar-refractivity contribution in [3.63, 3.8) is 0 Å². The predicted octanol–water partition coefficient (Wildman–Crippen LogP) is 4.80. The van der Waals surface area contributed by atoms with Crippen LogP contribution in [0.1, 0.15) is 59.0 Å². The van der Waals surface area contributed by atoms with Crippen LogP contribution in [0.5, 0.6) is 0 Å². The minimum atomic E-state index is 0. The molecule has 0 spiro atoms. The summed E-state index contributed by atoms with van der Waals surface area (Å²) in [6, 6.07) is 1.78. The van der Waals surface area contributed by atoms with Gasteiger partial charge < -0.3 is 7.43 Å². The van der Waals surface area contributed by atoms with E-state index < -0.39 is 0 Å². The summed E-state index contributed by atoms with van der Waals surface area (Å²) in [4.78, 5) is 19.4. The normalized spacial score (nSPS) is 6.65. The molecule has 0 unspecified atom stereocenters. The van der Waals surface area contributed by atoms with Gasteiger partial charge in [-0.05, 0) is 26.8 Å². The van der Waals surface area contributed by atoms with Gasteiger partial charge in [-0.1, -0.05) is 41.5 Å². The second-order valence-electron chi connectivity index (χ2n) is 2.88. The molecule has 0 saturated heterocycles. The zero-order valence-electron chi connectivity index (χ0n) is 16.6. The van der Waals surface area contributed by atoms with E-state index in [1.165, 1.54) is 6.33 Å². The first kappa shape index (κ1) is 33.7. The van der Waals surface area contributed by atoms with Crippen molar-refractivity contribution >= 4 is 0 Å². The van der Waals surface area contributed by atoms with Crippen LogP contribution in [0.4, 0.5) is 0 Å². The Hall–Kier alpha value is -0.806.